The van der Waals surface area contributed by atoms with Crippen LogP contribution >= 0.6 is 0 Å². The van der Waals surface area contributed by atoms with Gasteiger partial charge < -0.3 is 4.74 Å². The number of carbonyl (C=O) groups excluding carboxylic acids is 1. The highest BCUT2D eigenvalue weighted by atomic mass is 16.6. The van der Waals surface area contributed by atoms with Gasteiger partial charge in [0.2, 0.25) is 0 Å². The van der Waals surface area contributed by atoms with Gasteiger partial charge in [0.05, 0.1) is 6.54 Å². The number of ether oxygens (including phenoxy) is 1. The van der Waals surface area contributed by atoms with Gasteiger partial charge in [-0.25, -0.2) is 19.7 Å². The van der Waals surface area contributed by atoms with Crippen molar-refractivity contribution in [1.29, 1.82) is 0 Å². The minimum absolute atomic E-state index is 0.298. The van der Waals surface area contributed by atoms with E-state index in [0.717, 1.165) is 5.56 Å². The van der Waals surface area contributed by atoms with Crippen LogP contribution in [0.5, 0.6) is 0 Å². The molecule has 6 heteroatoms. The normalized spacial score (nSPS) is 11.0. The van der Waals surface area contributed by atoms with Crippen LogP contribution < -0.4 is 4.90 Å². The maximum Gasteiger partial charge on any atom is 0.416 e. The molecule has 6 nitrogen and oxygen atoms in total. The van der Waals surface area contributed by atoms with Crippen molar-refractivity contribution >= 4 is 11.9 Å². The van der Waals surface area contributed by atoms with Crippen LogP contribution in [0.25, 0.3) is 0 Å². The molecule has 0 unspecified atom stereocenters. The zero-order chi connectivity index (χ0) is 15.3. The first-order valence-corrected chi connectivity index (χ1v) is 6.61. The average molecular weight is 286 g/mol. The summed E-state index contributed by atoms with van der Waals surface area (Å²) in [4.78, 5) is 26.0. The lowest BCUT2D eigenvalue weighted by atomic mass is 10.2. The van der Waals surface area contributed by atoms with Gasteiger partial charge in [0.1, 0.15) is 17.7 Å². The van der Waals surface area contributed by atoms with Crippen LogP contribution in [-0.2, 0) is 11.3 Å². The molecule has 2 aromatic rings. The number of hydrogen-bond acceptors (Lipinski definition) is 5. The molecule has 0 saturated heterocycles. The summed E-state index contributed by atoms with van der Waals surface area (Å²) in [5.74, 6) is 0.524. The van der Waals surface area contributed by atoms with E-state index in [1.807, 2.05) is 26.8 Å². The first kappa shape index (κ1) is 14.9. The van der Waals surface area contributed by atoms with Crippen LogP contribution in [0, 0.1) is 0 Å². The van der Waals surface area contributed by atoms with E-state index in [4.69, 9.17) is 4.74 Å². The van der Waals surface area contributed by atoms with Crippen molar-refractivity contribution in [2.24, 2.45) is 0 Å². The van der Waals surface area contributed by atoms with Crippen LogP contribution in [0.15, 0.2) is 43.1 Å². The molecule has 0 atom stereocenters. The molecular formula is C15H18N4O2. The molecule has 0 N–H and O–H groups in total. The summed E-state index contributed by atoms with van der Waals surface area (Å²) in [6, 6.07) is 5.37. The zero-order valence-electron chi connectivity index (χ0n) is 12.4. The summed E-state index contributed by atoms with van der Waals surface area (Å²) < 4.78 is 5.43. The van der Waals surface area contributed by atoms with Gasteiger partial charge in [0, 0.05) is 24.2 Å². The van der Waals surface area contributed by atoms with Crippen molar-refractivity contribution < 1.29 is 9.53 Å². The van der Waals surface area contributed by atoms with Crippen LogP contribution in [0.4, 0.5) is 10.6 Å². The van der Waals surface area contributed by atoms with Gasteiger partial charge in [-0.05, 0) is 32.9 Å². The number of pyridine rings is 1. The summed E-state index contributed by atoms with van der Waals surface area (Å²) in [6.07, 6.45) is 5.95. The Bertz CT molecular complexity index is 582. The second-order valence-electron chi connectivity index (χ2n) is 5.50. The second kappa shape index (κ2) is 6.30. The lowest BCUT2D eigenvalue weighted by Gasteiger charge is -2.26. The topological polar surface area (TPSA) is 68.2 Å². The summed E-state index contributed by atoms with van der Waals surface area (Å²) in [5.41, 5.74) is 0.228. The van der Waals surface area contributed by atoms with E-state index >= 15 is 0 Å². The van der Waals surface area contributed by atoms with Crippen molar-refractivity contribution in [2.75, 3.05) is 4.90 Å². The molecule has 110 valence electrons. The van der Waals surface area contributed by atoms with Crippen molar-refractivity contribution in [1.82, 2.24) is 15.0 Å². The Morgan fingerprint density at radius 3 is 2.52 bits per heavy atom. The predicted molar refractivity (Wildman–Crippen MR) is 78.7 cm³/mol. The highest BCUT2D eigenvalue weighted by Gasteiger charge is 2.24. The van der Waals surface area contributed by atoms with Crippen molar-refractivity contribution in [2.45, 2.75) is 32.9 Å². The van der Waals surface area contributed by atoms with E-state index in [-0.39, 0.29) is 0 Å². The number of hydrogen-bond donors (Lipinski definition) is 0. The standard InChI is InChI=1S/C15H18N4O2/c1-15(2,3)21-14(20)19(13-6-4-5-7-18-13)10-12-8-16-11-17-9-12/h4-9,11H,10H2,1-3H3. The quantitative estimate of drug-likeness (QED) is 0.867. The van der Waals surface area contributed by atoms with E-state index in [1.54, 1.807) is 30.7 Å². The fraction of sp³-hybridized carbons (Fsp3) is 0.333. The first-order chi connectivity index (χ1) is 9.96. The third-order valence-electron chi connectivity index (χ3n) is 2.49. The first-order valence-electron chi connectivity index (χ1n) is 6.61. The van der Waals surface area contributed by atoms with E-state index in [9.17, 15) is 4.79 Å². The van der Waals surface area contributed by atoms with Gasteiger partial charge in [0.25, 0.3) is 0 Å². The van der Waals surface area contributed by atoms with E-state index in [0.29, 0.717) is 12.4 Å². The van der Waals surface area contributed by atoms with Crippen LogP contribution in [0.3, 0.4) is 0 Å². The molecule has 0 aromatic carbocycles. The number of aromatic nitrogens is 3. The monoisotopic (exact) mass is 286 g/mol. The molecule has 0 aliphatic carbocycles. The summed E-state index contributed by atoms with van der Waals surface area (Å²) in [6.45, 7) is 5.78. The summed E-state index contributed by atoms with van der Waals surface area (Å²) in [5, 5.41) is 0. The van der Waals surface area contributed by atoms with E-state index in [2.05, 4.69) is 15.0 Å². The molecule has 0 aliphatic heterocycles. The molecule has 0 bridgehead atoms. The number of rotatable bonds is 3. The predicted octanol–water partition coefficient (Wildman–Crippen LogP) is 2.81. The lowest BCUT2D eigenvalue weighted by molar-refractivity contribution is 0.0576. The fourth-order valence-electron chi connectivity index (χ4n) is 1.66. The smallest absolute Gasteiger partial charge is 0.416 e. The van der Waals surface area contributed by atoms with Gasteiger partial charge in [-0.2, -0.15) is 0 Å². The zero-order valence-corrected chi connectivity index (χ0v) is 12.4. The Hall–Kier alpha value is -2.50. The SMILES string of the molecule is CC(C)(C)OC(=O)N(Cc1cncnc1)c1ccccn1. The Kier molecular flexibility index (Phi) is 4.47. The summed E-state index contributed by atoms with van der Waals surface area (Å²) in [7, 11) is 0. The molecule has 0 fully saturated rings. The molecular weight excluding hydrogens is 268 g/mol. The highest BCUT2D eigenvalue weighted by molar-refractivity contribution is 5.86. The van der Waals surface area contributed by atoms with E-state index in [1.165, 1.54) is 11.2 Å². The maximum absolute atomic E-state index is 12.4. The van der Waals surface area contributed by atoms with Crippen molar-refractivity contribution in [3.8, 4) is 0 Å². The van der Waals surface area contributed by atoms with E-state index < -0.39 is 11.7 Å². The molecule has 0 aliphatic rings. The van der Waals surface area contributed by atoms with Crippen molar-refractivity contribution in [3.63, 3.8) is 0 Å². The Morgan fingerprint density at radius 1 is 1.24 bits per heavy atom. The Morgan fingerprint density at radius 2 is 1.95 bits per heavy atom. The minimum atomic E-state index is -0.572. The number of anilines is 1. The van der Waals surface area contributed by atoms with Crippen LogP contribution in [0.1, 0.15) is 26.3 Å². The number of carbonyl (C=O) groups is 1. The second-order valence-corrected chi connectivity index (χ2v) is 5.50. The highest BCUT2D eigenvalue weighted by Crippen LogP contribution is 2.18. The molecule has 0 saturated carbocycles. The number of nitrogens with zero attached hydrogens (tertiary/aromatic N) is 4. The maximum atomic E-state index is 12.4. The lowest BCUT2D eigenvalue weighted by Crippen LogP contribution is -2.37. The number of amides is 1. The van der Waals surface area contributed by atoms with Crippen molar-refractivity contribution in [3.05, 3.63) is 48.7 Å². The van der Waals surface area contributed by atoms with Crippen LogP contribution in [0.2, 0.25) is 0 Å². The minimum Gasteiger partial charge on any atom is -0.443 e. The van der Waals surface area contributed by atoms with Gasteiger partial charge >= 0.3 is 6.09 Å². The largest absolute Gasteiger partial charge is 0.443 e. The van der Waals surface area contributed by atoms with Gasteiger partial charge in [-0.1, -0.05) is 6.07 Å². The third kappa shape index (κ3) is 4.52. The van der Waals surface area contributed by atoms with Gasteiger partial charge in [-0.15, -0.1) is 0 Å². The van der Waals surface area contributed by atoms with Gasteiger partial charge in [-0.3, -0.25) is 4.90 Å². The Balaban J connectivity index is 2.25. The molecule has 2 aromatic heterocycles. The third-order valence-corrected chi connectivity index (χ3v) is 2.49. The van der Waals surface area contributed by atoms with Gasteiger partial charge in [0.15, 0.2) is 0 Å². The average Bonchev–Trinajstić information content (AvgIpc) is 2.45. The summed E-state index contributed by atoms with van der Waals surface area (Å²) >= 11 is 0. The molecule has 0 radical (unpaired) electrons. The molecule has 2 heterocycles. The van der Waals surface area contributed by atoms with Crippen LogP contribution in [-0.4, -0.2) is 26.6 Å². The Labute approximate surface area is 123 Å². The fourth-order valence-corrected chi connectivity index (χ4v) is 1.66. The molecule has 1 amide bonds. The molecule has 0 spiro atoms. The molecule has 21 heavy (non-hydrogen) atoms. The molecule has 2 rings (SSSR count).